The number of sulfone groups is 1. The fraction of sp³-hybridized carbons (Fsp3) is 0.579. The third-order valence-electron chi connectivity index (χ3n) is 5.46. The van der Waals surface area contributed by atoms with Crippen LogP contribution in [0.3, 0.4) is 0 Å². The molecule has 9 heteroatoms. The average Bonchev–Trinajstić information content (AvgIpc) is 3.23. The Morgan fingerprint density at radius 1 is 1.29 bits per heavy atom. The molecule has 1 N–H and O–H groups in total. The monoisotopic (exact) mass is 406 g/mol. The van der Waals surface area contributed by atoms with E-state index in [0.29, 0.717) is 25.5 Å². The van der Waals surface area contributed by atoms with Crippen LogP contribution in [0.4, 0.5) is 6.01 Å². The highest BCUT2D eigenvalue weighted by Gasteiger charge is 2.28. The Bertz CT molecular complexity index is 963. The first-order valence-corrected chi connectivity index (χ1v) is 11.5. The van der Waals surface area contributed by atoms with Crippen molar-refractivity contribution in [3.05, 3.63) is 23.8 Å². The minimum Gasteiger partial charge on any atom is -0.423 e. The van der Waals surface area contributed by atoms with Crippen LogP contribution in [0.1, 0.15) is 12.0 Å². The van der Waals surface area contributed by atoms with Crippen molar-refractivity contribution < 1.29 is 17.6 Å². The molecule has 8 nitrogen and oxygen atoms in total. The summed E-state index contributed by atoms with van der Waals surface area (Å²) in [5.41, 5.74) is 2.81. The normalized spacial score (nSPS) is 22.6. The summed E-state index contributed by atoms with van der Waals surface area (Å²) in [6.07, 6.45) is 0.644. The molecule has 3 heterocycles. The Balaban J connectivity index is 1.24. The van der Waals surface area contributed by atoms with Gasteiger partial charge < -0.3 is 14.6 Å². The van der Waals surface area contributed by atoms with Crippen LogP contribution in [-0.4, -0.2) is 75.0 Å². The number of carbonyl (C=O) groups excluding carboxylic acids is 1. The Morgan fingerprint density at radius 2 is 2.07 bits per heavy atom. The lowest BCUT2D eigenvalue weighted by Crippen LogP contribution is -2.50. The number of amides is 1. The molecule has 152 valence electrons. The van der Waals surface area contributed by atoms with Crippen molar-refractivity contribution in [2.75, 3.05) is 55.7 Å². The van der Waals surface area contributed by atoms with Crippen molar-refractivity contribution in [3.8, 4) is 0 Å². The van der Waals surface area contributed by atoms with Gasteiger partial charge in [0.25, 0.3) is 6.01 Å². The number of nitrogens with one attached hydrogen (secondary N) is 1. The fourth-order valence-electron chi connectivity index (χ4n) is 3.81. The maximum Gasteiger partial charge on any atom is 0.298 e. The molecule has 4 rings (SSSR count). The molecular formula is C19H26N4O4S. The van der Waals surface area contributed by atoms with Crippen LogP contribution < -0.4 is 10.2 Å². The molecular weight excluding hydrogens is 380 g/mol. The summed E-state index contributed by atoms with van der Waals surface area (Å²) in [6.45, 7) is 5.82. The summed E-state index contributed by atoms with van der Waals surface area (Å²) < 4.78 is 28.8. The Morgan fingerprint density at radius 3 is 2.79 bits per heavy atom. The van der Waals surface area contributed by atoms with Crippen LogP contribution in [0.15, 0.2) is 22.6 Å². The van der Waals surface area contributed by atoms with Gasteiger partial charge in [-0.15, -0.1) is 0 Å². The summed E-state index contributed by atoms with van der Waals surface area (Å²) in [5, 5.41) is 2.89. The highest BCUT2D eigenvalue weighted by molar-refractivity contribution is 7.91. The number of oxazole rings is 1. The second kappa shape index (κ2) is 7.71. The Labute approximate surface area is 164 Å². The van der Waals surface area contributed by atoms with Crippen molar-refractivity contribution in [3.63, 3.8) is 0 Å². The molecule has 2 aromatic rings. The van der Waals surface area contributed by atoms with Crippen molar-refractivity contribution in [1.29, 1.82) is 0 Å². The Kier molecular flexibility index (Phi) is 5.29. The number of piperazine rings is 1. The van der Waals surface area contributed by atoms with E-state index in [-0.39, 0.29) is 23.3 Å². The molecule has 2 saturated heterocycles. The minimum atomic E-state index is -2.90. The second-order valence-corrected chi connectivity index (χ2v) is 10.0. The fourth-order valence-corrected chi connectivity index (χ4v) is 5.67. The SMILES string of the molecule is Cc1ccc2oc(N3CCN(CC(=O)NCC4CCS(=O)(=O)C4)CC3)nc2c1. The van der Waals surface area contributed by atoms with Crippen LogP contribution in [0.5, 0.6) is 0 Å². The molecule has 1 amide bonds. The van der Waals surface area contributed by atoms with E-state index in [2.05, 4.69) is 20.1 Å². The molecule has 1 aromatic heterocycles. The molecule has 2 aliphatic heterocycles. The lowest BCUT2D eigenvalue weighted by molar-refractivity contribution is -0.122. The predicted octanol–water partition coefficient (Wildman–Crippen LogP) is 0.809. The van der Waals surface area contributed by atoms with Gasteiger partial charge in [0.1, 0.15) is 5.52 Å². The van der Waals surface area contributed by atoms with E-state index in [9.17, 15) is 13.2 Å². The minimum absolute atomic E-state index is 0.0462. The maximum absolute atomic E-state index is 12.2. The van der Waals surface area contributed by atoms with Gasteiger partial charge in [-0.25, -0.2) is 8.42 Å². The van der Waals surface area contributed by atoms with E-state index in [1.54, 1.807) is 0 Å². The quantitative estimate of drug-likeness (QED) is 0.785. The van der Waals surface area contributed by atoms with Gasteiger partial charge in [-0.2, -0.15) is 4.98 Å². The number of aryl methyl sites for hydroxylation is 1. The molecule has 1 unspecified atom stereocenters. The second-order valence-electron chi connectivity index (χ2n) is 7.80. The number of benzene rings is 1. The number of carbonyl (C=O) groups is 1. The summed E-state index contributed by atoms with van der Waals surface area (Å²) >= 11 is 0. The lowest BCUT2D eigenvalue weighted by Gasteiger charge is -2.33. The third kappa shape index (κ3) is 4.47. The molecule has 2 fully saturated rings. The number of nitrogens with zero attached hydrogens (tertiary/aromatic N) is 3. The summed E-state index contributed by atoms with van der Waals surface area (Å²) in [4.78, 5) is 21.0. The van der Waals surface area contributed by atoms with Crippen molar-refractivity contribution >= 4 is 32.9 Å². The first-order valence-electron chi connectivity index (χ1n) is 9.69. The van der Waals surface area contributed by atoms with E-state index in [1.807, 2.05) is 25.1 Å². The molecule has 0 spiro atoms. The molecule has 28 heavy (non-hydrogen) atoms. The Hall–Kier alpha value is -2.13. The highest BCUT2D eigenvalue weighted by Crippen LogP contribution is 2.23. The number of hydrogen-bond acceptors (Lipinski definition) is 7. The topological polar surface area (TPSA) is 95.8 Å². The summed E-state index contributed by atoms with van der Waals surface area (Å²) in [6, 6.07) is 6.59. The standard InChI is InChI=1S/C19H26N4O4S/c1-14-2-3-17-16(10-14)21-19(27-17)23-7-5-22(6-8-23)12-18(24)20-11-15-4-9-28(25,26)13-15/h2-3,10,15H,4-9,11-13H2,1H3,(H,20,24). The molecule has 0 radical (unpaired) electrons. The van der Waals surface area contributed by atoms with Gasteiger partial charge in [0.05, 0.1) is 18.1 Å². The number of anilines is 1. The number of fused-ring (bicyclic) bond motifs is 1. The van der Waals surface area contributed by atoms with E-state index >= 15 is 0 Å². The van der Waals surface area contributed by atoms with Crippen LogP contribution in [0.2, 0.25) is 0 Å². The summed E-state index contributed by atoms with van der Waals surface area (Å²) in [5.74, 6) is 0.435. The number of hydrogen-bond donors (Lipinski definition) is 1. The average molecular weight is 407 g/mol. The first kappa shape index (κ1) is 19.2. The van der Waals surface area contributed by atoms with Gasteiger partial charge in [0.2, 0.25) is 5.91 Å². The van der Waals surface area contributed by atoms with Crippen LogP contribution in [-0.2, 0) is 14.6 Å². The van der Waals surface area contributed by atoms with E-state index in [4.69, 9.17) is 4.42 Å². The van der Waals surface area contributed by atoms with E-state index in [0.717, 1.165) is 42.8 Å². The lowest BCUT2D eigenvalue weighted by atomic mass is 10.1. The van der Waals surface area contributed by atoms with Gasteiger partial charge >= 0.3 is 0 Å². The first-order chi connectivity index (χ1) is 13.4. The molecule has 1 aromatic carbocycles. The highest BCUT2D eigenvalue weighted by atomic mass is 32.2. The van der Waals surface area contributed by atoms with Crippen molar-refractivity contribution in [2.45, 2.75) is 13.3 Å². The van der Waals surface area contributed by atoms with Gasteiger partial charge in [-0.3, -0.25) is 9.69 Å². The molecule has 0 bridgehead atoms. The smallest absolute Gasteiger partial charge is 0.298 e. The summed E-state index contributed by atoms with van der Waals surface area (Å²) in [7, 11) is -2.90. The number of rotatable bonds is 5. The predicted molar refractivity (Wildman–Crippen MR) is 107 cm³/mol. The zero-order valence-corrected chi connectivity index (χ0v) is 16.9. The van der Waals surface area contributed by atoms with Crippen LogP contribution >= 0.6 is 0 Å². The van der Waals surface area contributed by atoms with Gasteiger partial charge in [-0.1, -0.05) is 6.07 Å². The molecule has 0 saturated carbocycles. The maximum atomic E-state index is 12.2. The van der Waals surface area contributed by atoms with E-state index < -0.39 is 9.84 Å². The van der Waals surface area contributed by atoms with E-state index in [1.165, 1.54) is 0 Å². The largest absolute Gasteiger partial charge is 0.423 e. The molecule has 1 atom stereocenters. The van der Waals surface area contributed by atoms with Crippen molar-refractivity contribution in [1.82, 2.24) is 15.2 Å². The van der Waals surface area contributed by atoms with Gasteiger partial charge in [0.15, 0.2) is 15.4 Å². The van der Waals surface area contributed by atoms with Crippen LogP contribution in [0.25, 0.3) is 11.1 Å². The third-order valence-corrected chi connectivity index (χ3v) is 7.29. The van der Waals surface area contributed by atoms with Gasteiger partial charge in [-0.05, 0) is 37.0 Å². The van der Waals surface area contributed by atoms with Crippen LogP contribution in [0, 0.1) is 12.8 Å². The van der Waals surface area contributed by atoms with Crippen molar-refractivity contribution in [2.24, 2.45) is 5.92 Å². The van der Waals surface area contributed by atoms with Gasteiger partial charge in [0, 0.05) is 32.7 Å². The number of aromatic nitrogens is 1. The zero-order valence-electron chi connectivity index (χ0n) is 16.1. The zero-order chi connectivity index (χ0) is 19.7. The molecule has 2 aliphatic rings. The molecule has 0 aliphatic carbocycles.